The second kappa shape index (κ2) is 12.0. The Bertz CT molecular complexity index is 1100. The molecule has 0 unspecified atom stereocenters. The number of carbonyl (C=O) groups excluding carboxylic acids is 1. The van der Waals surface area contributed by atoms with E-state index in [1.54, 1.807) is 0 Å². The van der Waals surface area contributed by atoms with Crippen molar-refractivity contribution in [3.63, 3.8) is 0 Å². The van der Waals surface area contributed by atoms with Gasteiger partial charge in [0.25, 0.3) is 0 Å². The molecule has 0 aliphatic rings. The minimum Gasteiger partial charge on any atom is -0.378 e. The molecule has 0 fully saturated rings. The van der Waals surface area contributed by atoms with Crippen LogP contribution in [-0.2, 0) is 12.8 Å². The lowest BCUT2D eigenvalue weighted by Gasteiger charge is -2.11. The van der Waals surface area contributed by atoms with Crippen molar-refractivity contribution in [2.75, 3.05) is 19.0 Å². The second-order valence-electron chi connectivity index (χ2n) is 8.69. The number of nitrogens with zero attached hydrogens (tertiary/aromatic N) is 1. The predicted octanol–water partition coefficient (Wildman–Crippen LogP) is 7.81. The number of rotatable bonds is 10. The Labute approximate surface area is 199 Å². The highest BCUT2D eigenvalue weighted by Gasteiger charge is 2.07. The molecular formula is C31H35NO. The van der Waals surface area contributed by atoms with Crippen LogP contribution in [0.25, 0.3) is 24.3 Å². The van der Waals surface area contributed by atoms with E-state index < -0.39 is 0 Å². The molecule has 0 bridgehead atoms. The quantitative estimate of drug-likeness (QED) is 0.238. The molecule has 3 aromatic rings. The summed E-state index contributed by atoms with van der Waals surface area (Å²) < 4.78 is 0. The molecule has 0 N–H and O–H groups in total. The van der Waals surface area contributed by atoms with Gasteiger partial charge in [-0.05, 0) is 64.4 Å². The maximum Gasteiger partial charge on any atom is 0.150 e. The molecule has 0 amide bonds. The van der Waals surface area contributed by atoms with Crippen LogP contribution >= 0.6 is 0 Å². The first kappa shape index (κ1) is 24.3. The van der Waals surface area contributed by atoms with E-state index in [4.69, 9.17) is 0 Å². The van der Waals surface area contributed by atoms with E-state index in [0.29, 0.717) is 0 Å². The first-order chi connectivity index (χ1) is 16.0. The minimum absolute atomic E-state index is 0.838. The van der Waals surface area contributed by atoms with Gasteiger partial charge < -0.3 is 4.90 Å². The molecule has 0 radical (unpaired) electrons. The van der Waals surface area contributed by atoms with E-state index >= 15 is 0 Å². The average molecular weight is 438 g/mol. The molecule has 2 heteroatoms. The SMILES string of the molecule is CCCc1cc(/C=C/c2ccc(/C=C/c3ccc(N(C)C)cc3)cc2)c(CCC)cc1C=O. The highest BCUT2D eigenvalue weighted by molar-refractivity contribution is 5.81. The summed E-state index contributed by atoms with van der Waals surface area (Å²) in [4.78, 5) is 13.6. The number of aldehydes is 1. The lowest BCUT2D eigenvalue weighted by atomic mass is 9.93. The van der Waals surface area contributed by atoms with Crippen LogP contribution in [0.4, 0.5) is 5.69 Å². The van der Waals surface area contributed by atoms with Crippen molar-refractivity contribution < 1.29 is 4.79 Å². The standard InChI is InChI=1S/C31H35NO/c1-5-7-27-22-30(23-33)28(8-6-2)21-29(27)18-15-25-12-9-24(10-13-25)11-14-26-16-19-31(20-17-26)32(3)4/h9-23H,5-8H2,1-4H3/b14-11+,18-15+. The van der Waals surface area contributed by atoms with Crippen molar-refractivity contribution in [1.82, 2.24) is 0 Å². The van der Waals surface area contributed by atoms with E-state index in [2.05, 4.69) is 118 Å². The Kier molecular flexibility index (Phi) is 8.83. The fraction of sp³-hybridized carbons (Fsp3) is 0.258. The van der Waals surface area contributed by atoms with Crippen LogP contribution in [0.5, 0.6) is 0 Å². The summed E-state index contributed by atoms with van der Waals surface area (Å²) in [5, 5.41) is 0. The Morgan fingerprint density at radius 1 is 0.636 bits per heavy atom. The molecule has 2 nitrogen and oxygen atoms in total. The van der Waals surface area contributed by atoms with Crippen molar-refractivity contribution in [2.45, 2.75) is 39.5 Å². The highest BCUT2D eigenvalue weighted by atomic mass is 16.1. The number of carbonyl (C=O) groups is 1. The van der Waals surface area contributed by atoms with Crippen LogP contribution in [0, 0.1) is 0 Å². The van der Waals surface area contributed by atoms with Crippen LogP contribution in [0.15, 0.2) is 60.7 Å². The smallest absolute Gasteiger partial charge is 0.150 e. The number of hydrogen-bond donors (Lipinski definition) is 0. The predicted molar refractivity (Wildman–Crippen MR) is 145 cm³/mol. The summed E-state index contributed by atoms with van der Waals surface area (Å²) in [6.07, 6.45) is 13.6. The Hall–Kier alpha value is -3.39. The third kappa shape index (κ3) is 6.79. The van der Waals surface area contributed by atoms with Gasteiger partial charge in [-0.2, -0.15) is 0 Å². The van der Waals surface area contributed by atoms with Crippen LogP contribution in [0.2, 0.25) is 0 Å². The van der Waals surface area contributed by atoms with Gasteiger partial charge in [0, 0.05) is 25.3 Å². The average Bonchev–Trinajstić information content (AvgIpc) is 2.83. The normalized spacial score (nSPS) is 11.4. The summed E-state index contributed by atoms with van der Waals surface area (Å²) in [5.41, 5.74) is 9.18. The summed E-state index contributed by atoms with van der Waals surface area (Å²) in [6, 6.07) is 21.4. The lowest BCUT2D eigenvalue weighted by molar-refractivity contribution is 0.112. The Balaban J connectivity index is 1.75. The van der Waals surface area contributed by atoms with E-state index in [1.165, 1.54) is 33.5 Å². The molecule has 170 valence electrons. The van der Waals surface area contributed by atoms with E-state index in [-0.39, 0.29) is 0 Å². The molecule has 0 aliphatic carbocycles. The number of hydrogen-bond acceptors (Lipinski definition) is 2. The van der Waals surface area contributed by atoms with Gasteiger partial charge in [0.05, 0.1) is 0 Å². The third-order valence-electron chi connectivity index (χ3n) is 5.84. The number of anilines is 1. The fourth-order valence-corrected chi connectivity index (χ4v) is 3.94. The zero-order valence-corrected chi connectivity index (χ0v) is 20.3. The van der Waals surface area contributed by atoms with Gasteiger partial charge >= 0.3 is 0 Å². The molecule has 3 aromatic carbocycles. The Morgan fingerprint density at radius 2 is 1.06 bits per heavy atom. The van der Waals surface area contributed by atoms with Gasteiger partial charge in [0.15, 0.2) is 0 Å². The maximum absolute atomic E-state index is 11.5. The first-order valence-electron chi connectivity index (χ1n) is 11.9. The molecule has 0 atom stereocenters. The molecule has 33 heavy (non-hydrogen) atoms. The molecule has 3 rings (SSSR count). The van der Waals surface area contributed by atoms with E-state index in [9.17, 15) is 4.79 Å². The van der Waals surface area contributed by atoms with E-state index in [1.807, 2.05) is 0 Å². The Morgan fingerprint density at radius 3 is 1.52 bits per heavy atom. The largest absolute Gasteiger partial charge is 0.378 e. The van der Waals surface area contributed by atoms with Crippen LogP contribution in [-0.4, -0.2) is 20.4 Å². The second-order valence-corrected chi connectivity index (χ2v) is 8.69. The summed E-state index contributed by atoms with van der Waals surface area (Å²) >= 11 is 0. The molecule has 0 saturated carbocycles. The number of benzene rings is 3. The van der Waals surface area contributed by atoms with Crippen molar-refractivity contribution in [3.05, 3.63) is 99.6 Å². The topological polar surface area (TPSA) is 20.3 Å². The molecule has 0 aliphatic heterocycles. The number of aryl methyl sites for hydroxylation is 2. The fourth-order valence-electron chi connectivity index (χ4n) is 3.94. The van der Waals surface area contributed by atoms with Crippen molar-refractivity contribution >= 4 is 36.3 Å². The first-order valence-corrected chi connectivity index (χ1v) is 11.9. The van der Waals surface area contributed by atoms with Crippen LogP contribution in [0.3, 0.4) is 0 Å². The summed E-state index contributed by atoms with van der Waals surface area (Å²) in [5.74, 6) is 0. The van der Waals surface area contributed by atoms with Crippen molar-refractivity contribution in [2.24, 2.45) is 0 Å². The molecule has 0 saturated heterocycles. The van der Waals surface area contributed by atoms with Gasteiger partial charge in [-0.1, -0.05) is 93.5 Å². The van der Waals surface area contributed by atoms with E-state index in [0.717, 1.165) is 43.1 Å². The summed E-state index contributed by atoms with van der Waals surface area (Å²) in [6.45, 7) is 4.33. The monoisotopic (exact) mass is 437 g/mol. The molecule has 0 heterocycles. The van der Waals surface area contributed by atoms with Crippen LogP contribution < -0.4 is 4.90 Å². The van der Waals surface area contributed by atoms with Crippen molar-refractivity contribution in [1.29, 1.82) is 0 Å². The van der Waals surface area contributed by atoms with Gasteiger partial charge in [0.2, 0.25) is 0 Å². The maximum atomic E-state index is 11.5. The zero-order valence-electron chi connectivity index (χ0n) is 20.3. The van der Waals surface area contributed by atoms with Gasteiger partial charge in [-0.15, -0.1) is 0 Å². The van der Waals surface area contributed by atoms with Gasteiger partial charge in [-0.3, -0.25) is 4.79 Å². The van der Waals surface area contributed by atoms with Gasteiger partial charge in [0.1, 0.15) is 6.29 Å². The van der Waals surface area contributed by atoms with Gasteiger partial charge in [-0.25, -0.2) is 0 Å². The highest BCUT2D eigenvalue weighted by Crippen LogP contribution is 2.22. The zero-order chi connectivity index (χ0) is 23.6. The minimum atomic E-state index is 0.838. The van der Waals surface area contributed by atoms with Crippen LogP contribution in [0.1, 0.15) is 70.4 Å². The molecular weight excluding hydrogens is 402 g/mol. The van der Waals surface area contributed by atoms with Crippen molar-refractivity contribution in [3.8, 4) is 0 Å². The third-order valence-corrected chi connectivity index (χ3v) is 5.84. The summed E-state index contributed by atoms with van der Waals surface area (Å²) in [7, 11) is 4.10. The molecule has 0 spiro atoms. The molecule has 0 aromatic heterocycles. The lowest BCUT2D eigenvalue weighted by Crippen LogP contribution is -2.07.